The Bertz CT molecular complexity index is 809. The first-order chi connectivity index (χ1) is 11.2. The van der Waals surface area contributed by atoms with Crippen LogP contribution in [0.4, 0.5) is 0 Å². The molecule has 7 heteroatoms. The Kier molecular flexibility index (Phi) is 5.58. The third-order valence-corrected chi connectivity index (χ3v) is 4.12. The van der Waals surface area contributed by atoms with Gasteiger partial charge >= 0.3 is 0 Å². The Morgan fingerprint density at radius 3 is 2.54 bits per heavy atom. The average molecular weight is 350 g/mol. The summed E-state index contributed by atoms with van der Waals surface area (Å²) < 4.78 is 27.9. The van der Waals surface area contributed by atoms with Gasteiger partial charge in [0.05, 0.1) is 7.11 Å². The maximum Gasteiger partial charge on any atom is 0.255 e. The lowest BCUT2D eigenvalue weighted by atomic mass is 9.83. The second-order valence-corrected chi connectivity index (χ2v) is 7.23. The van der Waals surface area contributed by atoms with Gasteiger partial charge in [-0.25, -0.2) is 8.93 Å². The first-order valence-electron chi connectivity index (χ1n) is 7.48. The second kappa shape index (κ2) is 7.29. The molecule has 0 bridgehead atoms. The van der Waals surface area contributed by atoms with Gasteiger partial charge in [0.15, 0.2) is 0 Å². The fraction of sp³-hybridized carbons (Fsp3) is 0.353. The molecule has 1 aromatic heterocycles. The summed E-state index contributed by atoms with van der Waals surface area (Å²) >= 11 is -2.14. The zero-order valence-electron chi connectivity index (χ0n) is 14.2. The lowest BCUT2D eigenvalue weighted by Gasteiger charge is -2.24. The van der Waals surface area contributed by atoms with Gasteiger partial charge in [-0.2, -0.15) is 0 Å². The molecule has 0 aliphatic carbocycles. The van der Waals surface area contributed by atoms with Crippen molar-refractivity contribution in [3.63, 3.8) is 0 Å². The Morgan fingerprint density at radius 1 is 1.29 bits per heavy atom. The van der Waals surface area contributed by atoms with Gasteiger partial charge < -0.3 is 9.72 Å². The molecule has 0 fully saturated rings. The summed E-state index contributed by atoms with van der Waals surface area (Å²) in [5.74, 6) is 0.680. The minimum absolute atomic E-state index is 0.133. The Balaban J connectivity index is 2.70. The highest BCUT2D eigenvalue weighted by Gasteiger charge is 2.22. The highest BCUT2D eigenvalue weighted by atomic mass is 32.2. The van der Waals surface area contributed by atoms with E-state index in [0.717, 1.165) is 5.56 Å². The van der Waals surface area contributed by atoms with Gasteiger partial charge in [0, 0.05) is 23.9 Å². The van der Waals surface area contributed by atoms with Gasteiger partial charge in [0.1, 0.15) is 5.75 Å². The monoisotopic (exact) mass is 350 g/mol. The number of aromatic amines is 1. The maximum atomic E-state index is 12.2. The van der Waals surface area contributed by atoms with Gasteiger partial charge in [-0.15, -0.1) is 0 Å². The predicted molar refractivity (Wildman–Crippen MR) is 95.4 cm³/mol. The second-order valence-electron chi connectivity index (χ2n) is 6.44. The van der Waals surface area contributed by atoms with Crippen molar-refractivity contribution in [3.05, 3.63) is 51.9 Å². The number of aromatic nitrogens is 1. The summed E-state index contributed by atoms with van der Waals surface area (Å²) in [5, 5.41) is 0. The molecule has 0 saturated heterocycles. The van der Waals surface area contributed by atoms with Gasteiger partial charge in [0.2, 0.25) is 11.3 Å². The fourth-order valence-corrected chi connectivity index (χ4v) is 2.83. The van der Waals surface area contributed by atoms with Crippen LogP contribution < -0.4 is 15.0 Å². The van der Waals surface area contributed by atoms with E-state index < -0.39 is 11.3 Å². The normalized spacial score (nSPS) is 12.9. The number of hydrogen-bond donors (Lipinski definition) is 3. The van der Waals surface area contributed by atoms with Gasteiger partial charge in [0.25, 0.3) is 5.56 Å². The van der Waals surface area contributed by atoms with Crippen LogP contribution in [0.1, 0.15) is 31.9 Å². The van der Waals surface area contributed by atoms with Gasteiger partial charge in [-0.3, -0.25) is 9.35 Å². The van der Waals surface area contributed by atoms with Gasteiger partial charge in [-0.1, -0.05) is 20.8 Å². The number of hydrogen-bond acceptors (Lipinski definition) is 3. The van der Waals surface area contributed by atoms with E-state index in [-0.39, 0.29) is 17.5 Å². The van der Waals surface area contributed by atoms with Crippen molar-refractivity contribution in [1.82, 2.24) is 9.71 Å². The molecule has 2 rings (SSSR count). The van der Waals surface area contributed by atoms with Crippen molar-refractivity contribution in [1.29, 1.82) is 0 Å². The van der Waals surface area contributed by atoms with Crippen LogP contribution in [-0.4, -0.2) is 20.9 Å². The molecule has 0 spiro atoms. The topological polar surface area (TPSA) is 91.4 Å². The summed E-state index contributed by atoms with van der Waals surface area (Å²) in [7, 11) is 1.58. The molecule has 0 aliphatic heterocycles. The highest BCUT2D eigenvalue weighted by molar-refractivity contribution is 7.77. The van der Waals surface area contributed by atoms with Crippen molar-refractivity contribution in [3.8, 4) is 16.9 Å². The SMILES string of the molecule is COc1cc(CNS(=O)O)c(-c2ccc[nH]c2=O)cc1C(C)(C)C. The molecule has 0 aliphatic rings. The Morgan fingerprint density at radius 2 is 2.00 bits per heavy atom. The molecule has 0 amide bonds. The summed E-state index contributed by atoms with van der Waals surface area (Å²) in [6.07, 6.45) is 1.57. The third kappa shape index (κ3) is 4.11. The standard InChI is InChI=1S/C17H22N2O4S/c1-17(2,3)14-9-13(12-6-5-7-18-16(12)20)11(8-15(14)23-4)10-19-24(21)22/h5-9,19H,10H2,1-4H3,(H,18,20)(H,21,22). The van der Waals surface area contributed by atoms with Crippen LogP contribution in [0.5, 0.6) is 5.75 Å². The van der Waals surface area contributed by atoms with Crippen LogP contribution >= 0.6 is 0 Å². The van der Waals surface area contributed by atoms with E-state index in [1.807, 2.05) is 12.1 Å². The van der Waals surface area contributed by atoms with E-state index in [1.165, 1.54) is 0 Å². The molecular weight excluding hydrogens is 328 g/mol. The van der Waals surface area contributed by atoms with Crippen LogP contribution in [0.2, 0.25) is 0 Å². The number of pyridine rings is 1. The molecular formula is C17H22N2O4S. The molecule has 1 unspecified atom stereocenters. The molecule has 1 aromatic carbocycles. The highest BCUT2D eigenvalue weighted by Crippen LogP contribution is 2.36. The summed E-state index contributed by atoms with van der Waals surface area (Å²) in [6, 6.07) is 7.20. The minimum atomic E-state index is -2.14. The zero-order valence-corrected chi connectivity index (χ0v) is 15.0. The molecule has 2 aromatic rings. The average Bonchev–Trinajstić information content (AvgIpc) is 2.51. The van der Waals surface area contributed by atoms with E-state index >= 15 is 0 Å². The number of H-pyrrole nitrogens is 1. The van der Waals surface area contributed by atoms with Crippen LogP contribution in [0.3, 0.4) is 0 Å². The Hall–Kier alpha value is -1.96. The quantitative estimate of drug-likeness (QED) is 0.723. The van der Waals surface area contributed by atoms with Crippen molar-refractivity contribution < 1.29 is 13.5 Å². The lowest BCUT2D eigenvalue weighted by molar-refractivity contribution is 0.397. The van der Waals surface area contributed by atoms with Gasteiger partial charge in [-0.05, 0) is 40.8 Å². The zero-order chi connectivity index (χ0) is 17.9. The molecule has 24 heavy (non-hydrogen) atoms. The number of nitrogens with one attached hydrogen (secondary N) is 2. The largest absolute Gasteiger partial charge is 0.496 e. The van der Waals surface area contributed by atoms with Crippen LogP contribution in [-0.2, 0) is 23.2 Å². The molecule has 1 heterocycles. The lowest BCUT2D eigenvalue weighted by Crippen LogP contribution is -2.19. The molecule has 6 nitrogen and oxygen atoms in total. The van der Waals surface area contributed by atoms with Crippen LogP contribution in [0.15, 0.2) is 35.3 Å². The summed E-state index contributed by atoms with van der Waals surface area (Å²) in [6.45, 7) is 6.31. The van der Waals surface area contributed by atoms with Crippen molar-refractivity contribution in [2.24, 2.45) is 0 Å². The number of benzene rings is 1. The van der Waals surface area contributed by atoms with Crippen molar-refractivity contribution >= 4 is 11.3 Å². The fourth-order valence-electron chi connectivity index (χ4n) is 2.55. The number of ether oxygens (including phenoxy) is 1. The number of rotatable bonds is 5. The third-order valence-electron chi connectivity index (χ3n) is 3.73. The minimum Gasteiger partial charge on any atom is -0.496 e. The summed E-state index contributed by atoms with van der Waals surface area (Å²) in [5.41, 5.74) is 2.48. The van der Waals surface area contributed by atoms with E-state index in [2.05, 4.69) is 30.5 Å². The van der Waals surface area contributed by atoms with Crippen molar-refractivity contribution in [2.75, 3.05) is 7.11 Å². The molecule has 3 N–H and O–H groups in total. The van der Waals surface area contributed by atoms with Crippen molar-refractivity contribution in [2.45, 2.75) is 32.7 Å². The number of methoxy groups -OCH3 is 1. The molecule has 130 valence electrons. The molecule has 0 radical (unpaired) electrons. The van der Waals surface area contributed by atoms with Crippen LogP contribution in [0.25, 0.3) is 11.1 Å². The van der Waals surface area contributed by atoms with Crippen LogP contribution in [0, 0.1) is 0 Å². The predicted octanol–water partition coefficient (Wildman–Crippen LogP) is 2.57. The Labute approximate surface area is 143 Å². The maximum absolute atomic E-state index is 12.2. The first-order valence-corrected chi connectivity index (χ1v) is 8.58. The first kappa shape index (κ1) is 18.4. The van der Waals surface area contributed by atoms with E-state index in [1.54, 1.807) is 25.4 Å². The smallest absolute Gasteiger partial charge is 0.255 e. The van der Waals surface area contributed by atoms with E-state index in [0.29, 0.717) is 22.4 Å². The molecule has 0 saturated carbocycles. The van der Waals surface area contributed by atoms with E-state index in [4.69, 9.17) is 9.29 Å². The molecule has 1 atom stereocenters. The van der Waals surface area contributed by atoms with E-state index in [9.17, 15) is 9.00 Å². The summed E-state index contributed by atoms with van der Waals surface area (Å²) in [4.78, 5) is 14.9.